The number of ether oxygens (including phenoxy) is 2. The highest BCUT2D eigenvalue weighted by atomic mass is 16.5. The predicted octanol–water partition coefficient (Wildman–Crippen LogP) is 1.13. The minimum atomic E-state index is -1.16. The van der Waals surface area contributed by atoms with E-state index in [1.807, 2.05) is 0 Å². The Hall–Kier alpha value is -3.53. The number of carbonyl (C=O) groups is 1. The Morgan fingerprint density at radius 3 is 2.42 bits per heavy atom. The number of rotatable bonds is 2. The summed E-state index contributed by atoms with van der Waals surface area (Å²) < 4.78 is 11.5. The predicted molar refractivity (Wildman–Crippen MR) is 113 cm³/mol. The van der Waals surface area contributed by atoms with Crippen LogP contribution in [0, 0.1) is 0 Å². The number of hydrogen-bond acceptors (Lipinski definition) is 9. The third kappa shape index (κ3) is 3.60. The van der Waals surface area contributed by atoms with E-state index in [1.54, 1.807) is 12.1 Å². The van der Waals surface area contributed by atoms with E-state index in [0.29, 0.717) is 22.3 Å². The van der Waals surface area contributed by atoms with Crippen LogP contribution < -0.4 is 9.47 Å². The average molecular weight is 454 g/mol. The first-order valence-corrected chi connectivity index (χ1v) is 10.4. The van der Waals surface area contributed by atoms with E-state index in [9.17, 15) is 35.4 Å². The fraction of sp³-hybridized carbons (Fsp3) is 0.292. The van der Waals surface area contributed by atoms with Gasteiger partial charge in [-0.25, -0.2) is 0 Å². The molecule has 2 aromatic carbocycles. The first-order valence-electron chi connectivity index (χ1n) is 10.4. The summed E-state index contributed by atoms with van der Waals surface area (Å²) >= 11 is 0. The van der Waals surface area contributed by atoms with Crippen molar-refractivity contribution in [2.45, 2.75) is 43.2 Å². The van der Waals surface area contributed by atoms with Crippen molar-refractivity contribution in [1.82, 2.24) is 0 Å². The van der Waals surface area contributed by atoms with Crippen LogP contribution in [0.1, 0.15) is 29.0 Å². The van der Waals surface area contributed by atoms with Gasteiger partial charge in [-0.1, -0.05) is 18.2 Å². The zero-order valence-corrected chi connectivity index (χ0v) is 17.3. The van der Waals surface area contributed by atoms with Crippen molar-refractivity contribution in [3.8, 4) is 28.7 Å². The monoisotopic (exact) mass is 454 g/mol. The SMILES string of the molecule is O=C1C[C@H](c2ccc(O)c(O)c2)c2c(cc(O)c3c2O[C@@H](C2=CC(O)C(O)C=C2)[C@H](O)C3)O1. The van der Waals surface area contributed by atoms with Gasteiger partial charge < -0.3 is 40.1 Å². The van der Waals surface area contributed by atoms with Crippen molar-refractivity contribution in [3.63, 3.8) is 0 Å². The molecular weight excluding hydrogens is 432 g/mol. The zero-order valence-electron chi connectivity index (χ0n) is 17.3. The minimum Gasteiger partial charge on any atom is -0.507 e. The van der Waals surface area contributed by atoms with E-state index in [0.717, 1.165) is 0 Å². The van der Waals surface area contributed by atoms with Crippen LogP contribution in [0.4, 0.5) is 0 Å². The molecule has 172 valence electrons. The van der Waals surface area contributed by atoms with Gasteiger partial charge in [0.2, 0.25) is 0 Å². The molecule has 33 heavy (non-hydrogen) atoms. The number of benzene rings is 2. The van der Waals surface area contributed by atoms with Crippen LogP contribution in [-0.2, 0) is 11.2 Å². The molecular formula is C24H22O9. The second-order valence-electron chi connectivity index (χ2n) is 8.41. The highest BCUT2D eigenvalue weighted by Gasteiger charge is 2.40. The van der Waals surface area contributed by atoms with E-state index < -0.39 is 36.3 Å². The summed E-state index contributed by atoms with van der Waals surface area (Å²) in [6.45, 7) is 0. The Morgan fingerprint density at radius 2 is 1.70 bits per heavy atom. The van der Waals surface area contributed by atoms with Crippen molar-refractivity contribution >= 4 is 5.97 Å². The van der Waals surface area contributed by atoms with Crippen LogP contribution in [0.15, 0.2) is 48.1 Å². The third-order valence-electron chi connectivity index (χ3n) is 6.24. The number of aliphatic hydroxyl groups is 3. The molecule has 9 nitrogen and oxygen atoms in total. The number of esters is 1. The van der Waals surface area contributed by atoms with E-state index >= 15 is 0 Å². The van der Waals surface area contributed by atoms with Gasteiger partial charge >= 0.3 is 5.97 Å². The van der Waals surface area contributed by atoms with Crippen molar-refractivity contribution in [2.24, 2.45) is 0 Å². The molecule has 0 amide bonds. The Morgan fingerprint density at radius 1 is 0.909 bits per heavy atom. The molecule has 0 saturated carbocycles. The molecule has 3 aliphatic rings. The van der Waals surface area contributed by atoms with Gasteiger partial charge in [0.05, 0.1) is 12.5 Å². The lowest BCUT2D eigenvalue weighted by Crippen LogP contribution is -2.41. The highest BCUT2D eigenvalue weighted by molar-refractivity contribution is 5.80. The number of fused-ring (bicyclic) bond motifs is 3. The van der Waals surface area contributed by atoms with E-state index in [2.05, 4.69) is 0 Å². The molecule has 0 fully saturated rings. The normalized spacial score (nSPS) is 28.3. The number of carbonyl (C=O) groups excluding carboxylic acids is 1. The number of hydrogen-bond donors (Lipinski definition) is 6. The molecule has 9 heteroatoms. The lowest BCUT2D eigenvalue weighted by atomic mass is 9.82. The summed E-state index contributed by atoms with van der Waals surface area (Å²) in [5.74, 6) is -1.67. The highest BCUT2D eigenvalue weighted by Crippen LogP contribution is 2.51. The van der Waals surface area contributed by atoms with Gasteiger partial charge in [-0.3, -0.25) is 4.79 Å². The van der Waals surface area contributed by atoms with Gasteiger partial charge in [-0.15, -0.1) is 0 Å². The summed E-state index contributed by atoms with van der Waals surface area (Å²) in [5.41, 5.74) is 1.78. The molecule has 0 aromatic heterocycles. The minimum absolute atomic E-state index is 0.0322. The van der Waals surface area contributed by atoms with Crippen molar-refractivity contribution in [2.75, 3.05) is 0 Å². The van der Waals surface area contributed by atoms with Crippen molar-refractivity contribution < 1.29 is 44.9 Å². The van der Waals surface area contributed by atoms with Crippen LogP contribution in [0.2, 0.25) is 0 Å². The second kappa shape index (κ2) is 7.80. The lowest BCUT2D eigenvalue weighted by Gasteiger charge is -2.37. The van der Waals surface area contributed by atoms with Gasteiger partial charge in [0.15, 0.2) is 11.5 Å². The summed E-state index contributed by atoms with van der Waals surface area (Å²) in [5, 5.41) is 60.7. The van der Waals surface area contributed by atoms with E-state index in [4.69, 9.17) is 9.47 Å². The number of aliphatic hydroxyl groups excluding tert-OH is 3. The molecule has 2 unspecified atom stereocenters. The summed E-state index contributed by atoms with van der Waals surface area (Å²) in [7, 11) is 0. The number of phenolic OH excluding ortho intramolecular Hbond substituents is 3. The summed E-state index contributed by atoms with van der Waals surface area (Å²) in [4.78, 5) is 12.3. The molecule has 2 heterocycles. The van der Waals surface area contributed by atoms with Crippen LogP contribution in [0.25, 0.3) is 0 Å². The van der Waals surface area contributed by atoms with Gasteiger partial charge in [0.1, 0.15) is 35.6 Å². The standard InChI is InChI=1S/C24H22O9/c25-14-3-1-10(5-17(14)28)12-8-21(31)32-20-9-16(27)13-7-19(30)23(33-24(13)22(12)20)11-2-4-15(26)18(29)6-11/h1-6,9,12,15,18-19,23,25-30H,7-8H2/t12-,15?,18?,19-,23+/m1/s1. The largest absolute Gasteiger partial charge is 0.507 e. The van der Waals surface area contributed by atoms with Crippen LogP contribution in [0.3, 0.4) is 0 Å². The Bertz CT molecular complexity index is 1200. The molecule has 0 bridgehead atoms. The quantitative estimate of drug-likeness (QED) is 0.222. The lowest BCUT2D eigenvalue weighted by molar-refractivity contribution is -0.135. The van der Waals surface area contributed by atoms with Crippen LogP contribution >= 0.6 is 0 Å². The van der Waals surface area contributed by atoms with Gasteiger partial charge in [-0.05, 0) is 29.3 Å². The van der Waals surface area contributed by atoms with Gasteiger partial charge in [0.25, 0.3) is 0 Å². The molecule has 5 atom stereocenters. The van der Waals surface area contributed by atoms with Crippen molar-refractivity contribution in [3.05, 3.63) is 64.8 Å². The Balaban J connectivity index is 1.63. The molecule has 2 aromatic rings. The van der Waals surface area contributed by atoms with Gasteiger partial charge in [0, 0.05) is 29.5 Å². The second-order valence-corrected chi connectivity index (χ2v) is 8.41. The zero-order chi connectivity index (χ0) is 23.4. The Kier molecular flexibility index (Phi) is 5.04. The molecule has 0 radical (unpaired) electrons. The fourth-order valence-electron chi connectivity index (χ4n) is 4.58. The molecule has 5 rings (SSSR count). The van der Waals surface area contributed by atoms with E-state index in [-0.39, 0.29) is 41.6 Å². The molecule has 0 saturated heterocycles. The topological polar surface area (TPSA) is 157 Å². The molecule has 2 aliphatic heterocycles. The first kappa shape index (κ1) is 21.3. The summed E-state index contributed by atoms with van der Waals surface area (Å²) in [6.07, 6.45) is 0.125. The Labute approximate surface area is 188 Å². The van der Waals surface area contributed by atoms with Gasteiger partial charge in [-0.2, -0.15) is 0 Å². The maximum Gasteiger partial charge on any atom is 0.312 e. The number of phenols is 3. The van der Waals surface area contributed by atoms with Crippen LogP contribution in [-0.4, -0.2) is 61.0 Å². The summed E-state index contributed by atoms with van der Waals surface area (Å²) in [6, 6.07) is 5.53. The van der Waals surface area contributed by atoms with Crippen LogP contribution in [0.5, 0.6) is 28.7 Å². The molecule has 1 aliphatic carbocycles. The third-order valence-corrected chi connectivity index (χ3v) is 6.24. The maximum absolute atomic E-state index is 12.3. The fourth-order valence-corrected chi connectivity index (χ4v) is 4.58. The molecule has 6 N–H and O–H groups in total. The number of aromatic hydroxyl groups is 3. The maximum atomic E-state index is 12.3. The molecule has 0 spiro atoms. The van der Waals surface area contributed by atoms with E-state index in [1.165, 1.54) is 30.4 Å². The van der Waals surface area contributed by atoms with Crippen molar-refractivity contribution in [1.29, 1.82) is 0 Å². The smallest absolute Gasteiger partial charge is 0.312 e. The average Bonchev–Trinajstić information content (AvgIpc) is 2.77. The first-order chi connectivity index (χ1) is 15.7.